The van der Waals surface area contributed by atoms with E-state index in [1.54, 1.807) is 6.92 Å². The van der Waals surface area contributed by atoms with E-state index in [0.29, 0.717) is 5.69 Å². The normalized spacial score (nSPS) is 10.9. The molecule has 0 bridgehead atoms. The van der Waals surface area contributed by atoms with Crippen molar-refractivity contribution in [2.75, 3.05) is 0 Å². The number of Topliss-reactive ketones (excluding diaryl/α,β-unsaturated/α-hetero) is 2. The SMILES string of the molecule is Cc1nc(Cl)c(Cl)c(C(=O)CCC(=O)c2c(Cl)c(Cl)nc(Cl)c2Cl)c1Cl. The number of pyridine rings is 2. The maximum atomic E-state index is 12.5. The Kier molecular flexibility index (Phi) is 7.42. The van der Waals surface area contributed by atoms with Crippen LogP contribution in [-0.4, -0.2) is 21.5 Å². The molecule has 0 N–H and O–H groups in total. The van der Waals surface area contributed by atoms with Crippen LogP contribution in [0.1, 0.15) is 39.3 Å². The Bertz CT molecular complexity index is 803. The average molecular weight is 495 g/mol. The van der Waals surface area contributed by atoms with Gasteiger partial charge >= 0.3 is 0 Å². The average Bonchev–Trinajstić information content (AvgIpc) is 2.57. The number of aryl methyl sites for hydroxylation is 1. The van der Waals surface area contributed by atoms with Crippen molar-refractivity contribution in [2.24, 2.45) is 0 Å². The number of rotatable bonds is 5. The summed E-state index contributed by atoms with van der Waals surface area (Å²) in [6.45, 7) is 1.58. The van der Waals surface area contributed by atoms with Crippen molar-refractivity contribution in [3.05, 3.63) is 52.4 Å². The highest BCUT2D eigenvalue weighted by Crippen LogP contribution is 2.36. The molecule has 2 aromatic rings. The molecule has 0 aromatic carbocycles. The summed E-state index contributed by atoms with van der Waals surface area (Å²) in [7, 11) is 0. The van der Waals surface area contributed by atoms with Crippen LogP contribution in [0.2, 0.25) is 35.5 Å². The molecule has 0 fully saturated rings. The number of hydrogen-bond donors (Lipinski definition) is 0. The zero-order valence-electron chi connectivity index (χ0n) is 12.8. The fraction of sp³-hybridized carbons (Fsp3) is 0.200. The zero-order chi connectivity index (χ0) is 19.8. The van der Waals surface area contributed by atoms with Gasteiger partial charge in [0.25, 0.3) is 0 Å². The third kappa shape index (κ3) is 4.39. The highest BCUT2D eigenvalue weighted by atomic mass is 35.5. The summed E-state index contributed by atoms with van der Waals surface area (Å²) in [5.41, 5.74) is 0.239. The standard InChI is InChI=1S/C15H7Cl7N2O2/c1-4-9(16)7(10(17)13(20)23-4)5(25)2-3-6(26)8-11(18)14(21)24-15(22)12(8)19/h2-3H2,1H3. The third-order valence-electron chi connectivity index (χ3n) is 3.34. The minimum Gasteiger partial charge on any atom is -0.294 e. The second-order valence-corrected chi connectivity index (χ2v) is 7.62. The summed E-state index contributed by atoms with van der Waals surface area (Å²) < 4.78 is 0. The highest BCUT2D eigenvalue weighted by Gasteiger charge is 2.24. The summed E-state index contributed by atoms with van der Waals surface area (Å²) in [5, 5.41) is -0.678. The molecule has 0 amide bonds. The van der Waals surface area contributed by atoms with Crippen LogP contribution >= 0.6 is 81.2 Å². The van der Waals surface area contributed by atoms with Gasteiger partial charge in [-0.1, -0.05) is 81.2 Å². The van der Waals surface area contributed by atoms with Crippen LogP contribution in [0.4, 0.5) is 0 Å². The molecule has 11 heteroatoms. The molecule has 26 heavy (non-hydrogen) atoms. The fourth-order valence-electron chi connectivity index (χ4n) is 2.08. The van der Waals surface area contributed by atoms with Gasteiger partial charge in [-0.05, 0) is 6.92 Å². The lowest BCUT2D eigenvalue weighted by molar-refractivity contribution is 0.0917. The molecule has 0 aliphatic rings. The summed E-state index contributed by atoms with van der Waals surface area (Å²) in [6.07, 6.45) is -0.455. The predicted octanol–water partition coefficient (Wildman–Crippen LogP) is 7.20. The number of halogens is 7. The molecule has 4 nitrogen and oxygen atoms in total. The van der Waals surface area contributed by atoms with Gasteiger partial charge in [0.1, 0.15) is 15.5 Å². The first-order valence-electron chi connectivity index (χ1n) is 6.83. The maximum Gasteiger partial charge on any atom is 0.166 e. The van der Waals surface area contributed by atoms with Crippen molar-refractivity contribution in [2.45, 2.75) is 19.8 Å². The number of nitrogens with zero attached hydrogens (tertiary/aromatic N) is 2. The first kappa shape index (κ1) is 22.0. The zero-order valence-corrected chi connectivity index (χ0v) is 18.1. The first-order valence-corrected chi connectivity index (χ1v) is 9.48. The van der Waals surface area contributed by atoms with E-state index in [4.69, 9.17) is 81.2 Å². The van der Waals surface area contributed by atoms with E-state index in [1.165, 1.54) is 0 Å². The number of ketones is 2. The van der Waals surface area contributed by atoms with E-state index in [1.807, 2.05) is 0 Å². The Morgan fingerprint density at radius 1 is 0.654 bits per heavy atom. The van der Waals surface area contributed by atoms with Crippen molar-refractivity contribution >= 4 is 92.8 Å². The van der Waals surface area contributed by atoms with Gasteiger partial charge in [-0.15, -0.1) is 0 Å². The molecule has 2 rings (SSSR count). The Hall–Kier alpha value is -0.330. The quantitative estimate of drug-likeness (QED) is 0.325. The molecule has 0 unspecified atom stereocenters. The Balaban J connectivity index is 2.28. The van der Waals surface area contributed by atoms with Gasteiger partial charge in [0.15, 0.2) is 11.6 Å². The molecule has 138 valence electrons. The number of carbonyl (C=O) groups excluding carboxylic acids is 2. The molecule has 0 saturated carbocycles. The minimum atomic E-state index is -0.538. The van der Waals surface area contributed by atoms with Crippen molar-refractivity contribution < 1.29 is 9.59 Å². The third-order valence-corrected chi connectivity index (χ3v) is 6.02. The molecular formula is C15H7Cl7N2O2. The second-order valence-electron chi connectivity index (χ2n) is 5.03. The van der Waals surface area contributed by atoms with Crippen LogP contribution in [-0.2, 0) is 0 Å². The van der Waals surface area contributed by atoms with E-state index in [-0.39, 0.29) is 59.5 Å². The number of aromatic nitrogens is 2. The van der Waals surface area contributed by atoms with Gasteiger partial charge in [-0.3, -0.25) is 9.59 Å². The van der Waals surface area contributed by atoms with Crippen molar-refractivity contribution in [3.8, 4) is 0 Å². The fourth-order valence-corrected chi connectivity index (χ4v) is 3.77. The first-order chi connectivity index (χ1) is 12.1. The Morgan fingerprint density at radius 2 is 1.00 bits per heavy atom. The molecule has 0 saturated heterocycles. The van der Waals surface area contributed by atoms with Crippen LogP contribution in [0.5, 0.6) is 0 Å². The molecule has 0 aliphatic carbocycles. The summed E-state index contributed by atoms with van der Waals surface area (Å²) in [4.78, 5) is 32.6. The van der Waals surface area contributed by atoms with Crippen LogP contribution in [0, 0.1) is 6.92 Å². The molecule has 0 atom stereocenters. The highest BCUT2D eigenvalue weighted by molar-refractivity contribution is 6.49. The lowest BCUT2D eigenvalue weighted by Gasteiger charge is -2.11. The van der Waals surface area contributed by atoms with Crippen LogP contribution in [0.25, 0.3) is 0 Å². The molecular weight excluding hydrogens is 488 g/mol. The van der Waals surface area contributed by atoms with Crippen LogP contribution in [0.3, 0.4) is 0 Å². The number of carbonyl (C=O) groups is 2. The number of hydrogen-bond acceptors (Lipinski definition) is 4. The summed E-state index contributed by atoms with van der Waals surface area (Å²) >= 11 is 41.6. The lowest BCUT2D eigenvalue weighted by atomic mass is 10.0. The summed E-state index contributed by atoms with van der Waals surface area (Å²) in [6, 6.07) is 0. The minimum absolute atomic E-state index is 0.00150. The smallest absolute Gasteiger partial charge is 0.166 e. The topological polar surface area (TPSA) is 59.9 Å². The monoisotopic (exact) mass is 492 g/mol. The molecule has 2 aromatic heterocycles. The predicted molar refractivity (Wildman–Crippen MR) is 106 cm³/mol. The van der Waals surface area contributed by atoms with E-state index in [9.17, 15) is 9.59 Å². The van der Waals surface area contributed by atoms with Gasteiger partial charge in [0, 0.05) is 12.8 Å². The van der Waals surface area contributed by atoms with Gasteiger partial charge in [-0.2, -0.15) is 0 Å². The van der Waals surface area contributed by atoms with Gasteiger partial charge in [0.05, 0.1) is 36.9 Å². The lowest BCUT2D eigenvalue weighted by Crippen LogP contribution is -2.09. The van der Waals surface area contributed by atoms with Gasteiger partial charge < -0.3 is 0 Å². The van der Waals surface area contributed by atoms with Crippen molar-refractivity contribution in [3.63, 3.8) is 0 Å². The second kappa shape index (κ2) is 8.78. The van der Waals surface area contributed by atoms with Crippen molar-refractivity contribution in [1.82, 2.24) is 9.97 Å². The van der Waals surface area contributed by atoms with E-state index >= 15 is 0 Å². The van der Waals surface area contributed by atoms with Crippen LogP contribution < -0.4 is 0 Å². The van der Waals surface area contributed by atoms with Crippen LogP contribution in [0.15, 0.2) is 0 Å². The summed E-state index contributed by atoms with van der Waals surface area (Å²) in [5.74, 6) is -1.03. The maximum absolute atomic E-state index is 12.5. The van der Waals surface area contributed by atoms with Gasteiger partial charge in [0.2, 0.25) is 0 Å². The molecule has 0 radical (unpaired) electrons. The van der Waals surface area contributed by atoms with Crippen molar-refractivity contribution in [1.29, 1.82) is 0 Å². The van der Waals surface area contributed by atoms with E-state index < -0.39 is 11.6 Å². The Morgan fingerprint density at radius 3 is 1.42 bits per heavy atom. The largest absolute Gasteiger partial charge is 0.294 e. The van der Waals surface area contributed by atoms with Gasteiger partial charge in [-0.25, -0.2) is 9.97 Å². The van der Waals surface area contributed by atoms with E-state index in [0.717, 1.165) is 0 Å². The molecule has 0 spiro atoms. The van der Waals surface area contributed by atoms with E-state index in [2.05, 4.69) is 9.97 Å². The molecule has 2 heterocycles. The molecule has 0 aliphatic heterocycles. The Labute approximate surface area is 183 Å².